The van der Waals surface area contributed by atoms with Crippen LogP contribution < -0.4 is 16.0 Å². The summed E-state index contributed by atoms with van der Waals surface area (Å²) in [7, 11) is 1.32. The molecule has 1 aromatic heterocycles. The van der Waals surface area contributed by atoms with Crippen molar-refractivity contribution < 1.29 is 19.1 Å². The standard InChI is InChI=1S/C24H38N4O4/c1-24(2,3)28-23(30)27-20(22(29)31-4)11-13-32-19-14-16(15-19)7-9-18-10-8-17-6-5-12-25-21(17)26-18/h8,10,16,19-20H,5-7,9,11-15H2,1-4H3,(H,25,26)(H2,27,28,30)/t16-,19-,20?. The van der Waals surface area contributed by atoms with Gasteiger partial charge in [0.1, 0.15) is 11.9 Å². The summed E-state index contributed by atoms with van der Waals surface area (Å²) in [5.74, 6) is 1.25. The van der Waals surface area contributed by atoms with Gasteiger partial charge in [-0.1, -0.05) is 6.07 Å². The highest BCUT2D eigenvalue weighted by Crippen LogP contribution is 2.34. The molecule has 2 aliphatic rings. The summed E-state index contributed by atoms with van der Waals surface area (Å²) >= 11 is 0. The van der Waals surface area contributed by atoms with E-state index < -0.39 is 12.0 Å². The maximum atomic E-state index is 12.1. The molecule has 3 rings (SSSR count). The van der Waals surface area contributed by atoms with E-state index in [2.05, 4.69) is 28.1 Å². The van der Waals surface area contributed by atoms with Gasteiger partial charge in [-0.05, 0) is 76.8 Å². The Bertz CT molecular complexity index is 787. The Morgan fingerprint density at radius 3 is 2.78 bits per heavy atom. The van der Waals surface area contributed by atoms with Gasteiger partial charge in [0.2, 0.25) is 0 Å². The third kappa shape index (κ3) is 7.36. The van der Waals surface area contributed by atoms with Crippen molar-refractivity contribution in [3.63, 3.8) is 0 Å². The predicted octanol–water partition coefficient (Wildman–Crippen LogP) is 3.20. The summed E-state index contributed by atoms with van der Waals surface area (Å²) in [6, 6.07) is 3.27. The number of fused-ring (bicyclic) bond motifs is 1. The van der Waals surface area contributed by atoms with E-state index in [9.17, 15) is 9.59 Å². The van der Waals surface area contributed by atoms with Crippen LogP contribution in [0.4, 0.5) is 10.6 Å². The number of anilines is 1. The molecule has 0 saturated heterocycles. The van der Waals surface area contributed by atoms with E-state index in [1.165, 1.54) is 19.1 Å². The van der Waals surface area contributed by atoms with Crippen LogP contribution >= 0.6 is 0 Å². The van der Waals surface area contributed by atoms with Gasteiger partial charge in [0.15, 0.2) is 0 Å². The number of urea groups is 1. The Balaban J connectivity index is 1.33. The molecule has 1 aliphatic carbocycles. The molecule has 8 nitrogen and oxygen atoms in total. The van der Waals surface area contributed by atoms with Crippen molar-refractivity contribution in [1.29, 1.82) is 0 Å². The molecular weight excluding hydrogens is 408 g/mol. The predicted molar refractivity (Wildman–Crippen MR) is 124 cm³/mol. The number of aryl methyl sites for hydroxylation is 2. The number of rotatable bonds is 9. The van der Waals surface area contributed by atoms with Gasteiger partial charge in [-0.3, -0.25) is 0 Å². The number of carbonyl (C=O) groups excluding carboxylic acids is 2. The van der Waals surface area contributed by atoms with Crippen molar-refractivity contribution >= 4 is 17.8 Å². The number of nitrogens with one attached hydrogen (secondary N) is 3. The maximum Gasteiger partial charge on any atom is 0.328 e. The second-order valence-electron chi connectivity index (χ2n) is 9.92. The molecule has 2 heterocycles. The molecule has 3 N–H and O–H groups in total. The molecule has 0 aromatic carbocycles. The summed E-state index contributed by atoms with van der Waals surface area (Å²) in [6.45, 7) is 7.07. The number of hydrogen-bond donors (Lipinski definition) is 3. The zero-order valence-electron chi connectivity index (χ0n) is 19.8. The minimum atomic E-state index is -0.720. The first kappa shape index (κ1) is 24.3. The van der Waals surface area contributed by atoms with Crippen molar-refractivity contribution in [2.45, 2.75) is 83.4 Å². The number of aromatic nitrogens is 1. The van der Waals surface area contributed by atoms with Crippen molar-refractivity contribution in [2.75, 3.05) is 25.6 Å². The summed E-state index contributed by atoms with van der Waals surface area (Å²) < 4.78 is 10.8. The van der Waals surface area contributed by atoms with Crippen LogP contribution in [0.5, 0.6) is 0 Å². The summed E-state index contributed by atoms with van der Waals surface area (Å²) in [4.78, 5) is 28.9. The SMILES string of the molecule is COC(=O)C(CCO[C@H]1C[C@H](CCc2ccc3c(n2)NCCC3)C1)NC(=O)NC(C)(C)C. The average Bonchev–Trinajstić information content (AvgIpc) is 2.71. The summed E-state index contributed by atoms with van der Waals surface area (Å²) in [5.41, 5.74) is 2.10. The number of amides is 2. The van der Waals surface area contributed by atoms with Gasteiger partial charge < -0.3 is 25.4 Å². The second kappa shape index (κ2) is 11.0. The normalized spacial score (nSPS) is 20.9. The Labute approximate surface area is 191 Å². The Kier molecular flexibility index (Phi) is 8.34. The molecule has 2 amide bonds. The van der Waals surface area contributed by atoms with E-state index >= 15 is 0 Å². The van der Waals surface area contributed by atoms with Crippen LogP contribution in [0.2, 0.25) is 0 Å². The Morgan fingerprint density at radius 2 is 2.06 bits per heavy atom. The van der Waals surface area contributed by atoms with Crippen molar-refractivity contribution in [2.24, 2.45) is 5.92 Å². The second-order valence-corrected chi connectivity index (χ2v) is 9.92. The summed E-state index contributed by atoms with van der Waals surface area (Å²) in [6.07, 6.45) is 7.07. The smallest absolute Gasteiger partial charge is 0.328 e. The fraction of sp³-hybridized carbons (Fsp3) is 0.708. The van der Waals surface area contributed by atoms with E-state index in [-0.39, 0.29) is 17.7 Å². The number of nitrogens with zero attached hydrogens (tertiary/aromatic N) is 1. The first-order valence-corrected chi connectivity index (χ1v) is 11.7. The van der Waals surface area contributed by atoms with Crippen molar-refractivity contribution in [3.8, 4) is 0 Å². The number of hydrogen-bond acceptors (Lipinski definition) is 6. The van der Waals surface area contributed by atoms with Crippen LogP contribution in [0.3, 0.4) is 0 Å². The van der Waals surface area contributed by atoms with Gasteiger partial charge in [0.25, 0.3) is 0 Å². The van der Waals surface area contributed by atoms with E-state index in [0.29, 0.717) is 18.9 Å². The molecule has 1 aliphatic heterocycles. The third-order valence-corrected chi connectivity index (χ3v) is 5.99. The lowest BCUT2D eigenvalue weighted by molar-refractivity contribution is -0.143. The number of methoxy groups -OCH3 is 1. The van der Waals surface area contributed by atoms with Gasteiger partial charge in [-0.25, -0.2) is 14.6 Å². The van der Waals surface area contributed by atoms with Crippen LogP contribution in [0.25, 0.3) is 0 Å². The highest BCUT2D eigenvalue weighted by molar-refractivity contribution is 5.83. The number of ether oxygens (including phenoxy) is 2. The first-order valence-electron chi connectivity index (χ1n) is 11.7. The van der Waals surface area contributed by atoms with Gasteiger partial charge >= 0.3 is 12.0 Å². The minimum Gasteiger partial charge on any atom is -0.467 e. The third-order valence-electron chi connectivity index (χ3n) is 5.99. The van der Waals surface area contributed by atoms with Crippen LogP contribution in [-0.4, -0.2) is 54.9 Å². The van der Waals surface area contributed by atoms with E-state index in [1.807, 2.05) is 20.8 Å². The van der Waals surface area contributed by atoms with Crippen LogP contribution in [0.15, 0.2) is 12.1 Å². The number of esters is 1. The van der Waals surface area contributed by atoms with E-state index in [4.69, 9.17) is 14.5 Å². The molecule has 1 unspecified atom stereocenters. The molecule has 1 fully saturated rings. The monoisotopic (exact) mass is 446 g/mol. The van der Waals surface area contributed by atoms with E-state index in [0.717, 1.165) is 50.2 Å². The van der Waals surface area contributed by atoms with Crippen molar-refractivity contribution in [3.05, 3.63) is 23.4 Å². The lowest BCUT2D eigenvalue weighted by Gasteiger charge is -2.35. The van der Waals surface area contributed by atoms with Crippen LogP contribution in [0, 0.1) is 5.92 Å². The molecule has 0 bridgehead atoms. The number of carbonyl (C=O) groups is 2. The first-order chi connectivity index (χ1) is 15.2. The van der Waals surface area contributed by atoms with E-state index in [1.54, 1.807) is 0 Å². The molecule has 1 saturated carbocycles. The largest absolute Gasteiger partial charge is 0.467 e. The highest BCUT2D eigenvalue weighted by atomic mass is 16.5. The molecule has 1 atom stereocenters. The maximum absolute atomic E-state index is 12.1. The fourth-order valence-electron chi connectivity index (χ4n) is 4.19. The zero-order chi connectivity index (χ0) is 23.1. The van der Waals surface area contributed by atoms with Gasteiger partial charge in [-0.2, -0.15) is 0 Å². The molecule has 32 heavy (non-hydrogen) atoms. The topological polar surface area (TPSA) is 102 Å². The minimum absolute atomic E-state index is 0.222. The molecule has 178 valence electrons. The van der Waals surface area contributed by atoms with Crippen LogP contribution in [-0.2, 0) is 27.1 Å². The average molecular weight is 447 g/mol. The molecule has 8 heteroatoms. The van der Waals surface area contributed by atoms with Crippen molar-refractivity contribution in [1.82, 2.24) is 15.6 Å². The molecular formula is C24H38N4O4. The summed E-state index contributed by atoms with van der Waals surface area (Å²) in [5, 5.41) is 8.88. The van der Waals surface area contributed by atoms with Gasteiger partial charge in [0.05, 0.1) is 13.2 Å². The number of pyridine rings is 1. The lowest BCUT2D eigenvalue weighted by atomic mass is 9.79. The van der Waals surface area contributed by atoms with Gasteiger partial charge in [-0.15, -0.1) is 0 Å². The Morgan fingerprint density at radius 1 is 1.28 bits per heavy atom. The molecule has 1 aromatic rings. The quantitative estimate of drug-likeness (QED) is 0.504. The molecule has 0 radical (unpaired) electrons. The molecule has 0 spiro atoms. The Hall–Kier alpha value is -2.35. The highest BCUT2D eigenvalue weighted by Gasteiger charge is 2.30. The van der Waals surface area contributed by atoms with Gasteiger partial charge in [0, 0.05) is 30.8 Å². The zero-order valence-corrected chi connectivity index (χ0v) is 19.8. The fourth-order valence-corrected chi connectivity index (χ4v) is 4.19. The lowest BCUT2D eigenvalue weighted by Crippen LogP contribution is -2.52. The van der Waals surface area contributed by atoms with Crippen LogP contribution in [0.1, 0.15) is 64.1 Å².